The molecule has 0 aromatic rings. The van der Waals surface area contributed by atoms with Crippen molar-refractivity contribution in [2.75, 3.05) is 32.8 Å². The molecule has 0 spiro atoms. The topological polar surface area (TPSA) is 12.5 Å². The van der Waals surface area contributed by atoms with Gasteiger partial charge in [-0.2, -0.15) is 0 Å². The molecule has 0 unspecified atom stereocenters. The molecule has 0 bridgehead atoms. The lowest BCUT2D eigenvalue weighted by atomic mass is 9.89. The molecule has 1 saturated heterocycles. The molecule has 0 aromatic carbocycles. The summed E-state index contributed by atoms with van der Waals surface area (Å²) in [7, 11) is 0. The third-order valence-electron chi connectivity index (χ3n) is 2.71. The van der Waals surface area contributed by atoms with Crippen molar-refractivity contribution in [1.82, 2.24) is 4.90 Å². The van der Waals surface area contributed by atoms with E-state index in [1.807, 2.05) is 0 Å². The fourth-order valence-electron chi connectivity index (χ4n) is 1.48. The second-order valence-corrected chi connectivity index (χ2v) is 4.41. The van der Waals surface area contributed by atoms with Gasteiger partial charge in [0.2, 0.25) is 0 Å². The summed E-state index contributed by atoms with van der Waals surface area (Å²) in [6.45, 7) is 12.2. The van der Waals surface area contributed by atoms with E-state index in [1.54, 1.807) is 0 Å². The molecule has 0 amide bonds. The van der Waals surface area contributed by atoms with Crippen molar-refractivity contribution in [3.8, 4) is 0 Å². The van der Waals surface area contributed by atoms with Crippen molar-refractivity contribution in [3.63, 3.8) is 0 Å². The van der Waals surface area contributed by atoms with Crippen molar-refractivity contribution in [1.29, 1.82) is 0 Å². The van der Waals surface area contributed by atoms with Gasteiger partial charge in [0.25, 0.3) is 0 Å². The molecule has 2 heteroatoms. The van der Waals surface area contributed by atoms with Gasteiger partial charge in [-0.3, -0.25) is 4.90 Å². The largest absolute Gasteiger partial charge is 0.379 e. The molecule has 2 nitrogen and oxygen atoms in total. The summed E-state index contributed by atoms with van der Waals surface area (Å²) in [5.74, 6) is 0. The van der Waals surface area contributed by atoms with Crippen LogP contribution in [0.4, 0.5) is 0 Å². The van der Waals surface area contributed by atoms with Crippen LogP contribution in [0.25, 0.3) is 0 Å². The van der Waals surface area contributed by atoms with Crippen LogP contribution in [0.5, 0.6) is 0 Å². The van der Waals surface area contributed by atoms with Gasteiger partial charge < -0.3 is 4.74 Å². The lowest BCUT2D eigenvalue weighted by Crippen LogP contribution is -2.41. The summed E-state index contributed by atoms with van der Waals surface area (Å²) in [4.78, 5) is 2.51. The maximum atomic E-state index is 5.31. The SMILES string of the molecule is CCC(C)(C)CN1CCOCC1. The molecule has 1 aliphatic rings. The zero-order valence-corrected chi connectivity index (χ0v) is 8.60. The molecule has 12 heavy (non-hydrogen) atoms. The Balaban J connectivity index is 2.28. The zero-order chi connectivity index (χ0) is 9.03. The number of hydrogen-bond acceptors (Lipinski definition) is 2. The molecule has 0 aliphatic carbocycles. The summed E-state index contributed by atoms with van der Waals surface area (Å²) in [5.41, 5.74) is 0.470. The second-order valence-electron chi connectivity index (χ2n) is 4.41. The predicted octanol–water partition coefficient (Wildman–Crippen LogP) is 1.75. The number of ether oxygens (including phenoxy) is 1. The normalized spacial score (nSPS) is 21.2. The van der Waals surface area contributed by atoms with E-state index in [2.05, 4.69) is 25.7 Å². The van der Waals surface area contributed by atoms with Gasteiger partial charge in [-0.05, 0) is 11.8 Å². The molecule has 0 N–H and O–H groups in total. The van der Waals surface area contributed by atoms with E-state index in [9.17, 15) is 0 Å². The first-order chi connectivity index (χ1) is 5.64. The first kappa shape index (κ1) is 10.0. The molecule has 0 atom stereocenters. The van der Waals surface area contributed by atoms with Crippen molar-refractivity contribution < 1.29 is 4.74 Å². The standard InChI is InChI=1S/C10H21NO/c1-4-10(2,3)9-11-5-7-12-8-6-11/h4-9H2,1-3H3. The molecule has 0 saturated carbocycles. The highest BCUT2D eigenvalue weighted by Crippen LogP contribution is 2.21. The molecule has 72 valence electrons. The summed E-state index contributed by atoms with van der Waals surface area (Å²) in [5, 5.41) is 0. The first-order valence-corrected chi connectivity index (χ1v) is 4.94. The molecule has 0 radical (unpaired) electrons. The molecular weight excluding hydrogens is 150 g/mol. The fraction of sp³-hybridized carbons (Fsp3) is 1.00. The van der Waals surface area contributed by atoms with E-state index in [1.165, 1.54) is 13.0 Å². The van der Waals surface area contributed by atoms with Gasteiger partial charge in [-0.25, -0.2) is 0 Å². The van der Waals surface area contributed by atoms with Gasteiger partial charge >= 0.3 is 0 Å². The number of nitrogens with zero attached hydrogens (tertiary/aromatic N) is 1. The molecular formula is C10H21NO. The fourth-order valence-corrected chi connectivity index (χ4v) is 1.48. The average Bonchev–Trinajstić information content (AvgIpc) is 2.06. The van der Waals surface area contributed by atoms with Crippen LogP contribution >= 0.6 is 0 Å². The Morgan fingerprint density at radius 1 is 1.25 bits per heavy atom. The van der Waals surface area contributed by atoms with Crippen LogP contribution in [-0.2, 0) is 4.74 Å². The van der Waals surface area contributed by atoms with Crippen LogP contribution in [0.3, 0.4) is 0 Å². The summed E-state index contributed by atoms with van der Waals surface area (Å²) >= 11 is 0. The van der Waals surface area contributed by atoms with Gasteiger partial charge in [0.15, 0.2) is 0 Å². The minimum atomic E-state index is 0.470. The van der Waals surface area contributed by atoms with E-state index in [4.69, 9.17) is 4.74 Å². The van der Waals surface area contributed by atoms with Gasteiger partial charge in [-0.1, -0.05) is 20.8 Å². The Morgan fingerprint density at radius 2 is 1.83 bits per heavy atom. The van der Waals surface area contributed by atoms with Crippen molar-refractivity contribution in [3.05, 3.63) is 0 Å². The Bertz CT molecular complexity index is 128. The third-order valence-corrected chi connectivity index (χ3v) is 2.71. The Labute approximate surface area is 75.9 Å². The van der Waals surface area contributed by atoms with E-state index in [0.29, 0.717) is 5.41 Å². The van der Waals surface area contributed by atoms with Gasteiger partial charge in [0.05, 0.1) is 13.2 Å². The lowest BCUT2D eigenvalue weighted by Gasteiger charge is -2.34. The molecule has 1 heterocycles. The van der Waals surface area contributed by atoms with Crippen LogP contribution < -0.4 is 0 Å². The Morgan fingerprint density at radius 3 is 2.33 bits per heavy atom. The average molecular weight is 171 g/mol. The van der Waals surface area contributed by atoms with Crippen molar-refractivity contribution >= 4 is 0 Å². The Kier molecular flexibility index (Phi) is 3.53. The predicted molar refractivity (Wildman–Crippen MR) is 51.3 cm³/mol. The monoisotopic (exact) mass is 171 g/mol. The van der Waals surface area contributed by atoms with Gasteiger partial charge in [0, 0.05) is 19.6 Å². The summed E-state index contributed by atoms with van der Waals surface area (Å²) < 4.78 is 5.31. The first-order valence-electron chi connectivity index (χ1n) is 4.94. The van der Waals surface area contributed by atoms with Crippen LogP contribution in [0.1, 0.15) is 27.2 Å². The lowest BCUT2D eigenvalue weighted by molar-refractivity contribution is 0.0207. The maximum absolute atomic E-state index is 5.31. The quantitative estimate of drug-likeness (QED) is 0.641. The van der Waals surface area contributed by atoms with E-state index in [-0.39, 0.29) is 0 Å². The second kappa shape index (κ2) is 4.24. The van der Waals surface area contributed by atoms with E-state index in [0.717, 1.165) is 26.3 Å². The Hall–Kier alpha value is -0.0800. The highest BCUT2D eigenvalue weighted by atomic mass is 16.5. The van der Waals surface area contributed by atoms with Crippen molar-refractivity contribution in [2.45, 2.75) is 27.2 Å². The van der Waals surface area contributed by atoms with Crippen LogP contribution in [0.2, 0.25) is 0 Å². The summed E-state index contributed by atoms with van der Waals surface area (Å²) in [6.07, 6.45) is 1.25. The third kappa shape index (κ3) is 3.11. The zero-order valence-electron chi connectivity index (χ0n) is 8.60. The molecule has 1 rings (SSSR count). The van der Waals surface area contributed by atoms with Crippen LogP contribution in [0.15, 0.2) is 0 Å². The number of morpholine rings is 1. The van der Waals surface area contributed by atoms with Gasteiger partial charge in [-0.15, -0.1) is 0 Å². The molecule has 1 aliphatic heterocycles. The number of rotatable bonds is 3. The van der Waals surface area contributed by atoms with Crippen molar-refractivity contribution in [2.24, 2.45) is 5.41 Å². The van der Waals surface area contributed by atoms with E-state index < -0.39 is 0 Å². The summed E-state index contributed by atoms with van der Waals surface area (Å²) in [6, 6.07) is 0. The van der Waals surface area contributed by atoms with Gasteiger partial charge in [0.1, 0.15) is 0 Å². The molecule has 0 aromatic heterocycles. The minimum Gasteiger partial charge on any atom is -0.379 e. The maximum Gasteiger partial charge on any atom is 0.0594 e. The van der Waals surface area contributed by atoms with E-state index >= 15 is 0 Å². The molecule has 1 fully saturated rings. The minimum absolute atomic E-state index is 0.470. The smallest absolute Gasteiger partial charge is 0.0594 e. The highest BCUT2D eigenvalue weighted by molar-refractivity contribution is 4.73. The number of hydrogen-bond donors (Lipinski definition) is 0. The van der Waals surface area contributed by atoms with Crippen LogP contribution in [-0.4, -0.2) is 37.7 Å². The highest BCUT2D eigenvalue weighted by Gasteiger charge is 2.20. The van der Waals surface area contributed by atoms with Crippen LogP contribution in [0, 0.1) is 5.41 Å².